The fraction of sp³-hybridized carbons (Fsp3) is 0.909. The molecule has 0 spiro atoms. The summed E-state index contributed by atoms with van der Waals surface area (Å²) in [6, 6.07) is 0.755. The van der Waals surface area contributed by atoms with Crippen LogP contribution in [0.1, 0.15) is 38.5 Å². The largest absolute Gasteiger partial charge is 0.396 e. The molecule has 0 heterocycles. The Kier molecular flexibility index (Phi) is 6.36. The minimum atomic E-state index is 0.106. The van der Waals surface area contributed by atoms with Crippen molar-refractivity contribution in [3.8, 4) is 0 Å². The maximum Gasteiger partial charge on any atom is 0.219 e. The molecule has 0 aromatic rings. The van der Waals surface area contributed by atoms with Gasteiger partial charge in [0, 0.05) is 25.6 Å². The first-order valence-electron chi connectivity index (χ1n) is 5.94. The summed E-state index contributed by atoms with van der Waals surface area (Å²) >= 11 is 0. The predicted octanol–water partition coefficient (Wildman–Crippen LogP) is 0.407. The van der Waals surface area contributed by atoms with Gasteiger partial charge in [-0.05, 0) is 38.6 Å². The van der Waals surface area contributed by atoms with Crippen molar-refractivity contribution in [1.82, 2.24) is 10.6 Å². The third-order valence-electron chi connectivity index (χ3n) is 2.50. The highest BCUT2D eigenvalue weighted by molar-refractivity contribution is 5.75. The monoisotopic (exact) mass is 214 g/mol. The maximum absolute atomic E-state index is 11.2. The highest BCUT2D eigenvalue weighted by Gasteiger charge is 2.19. The van der Waals surface area contributed by atoms with Gasteiger partial charge in [0.25, 0.3) is 0 Å². The van der Waals surface area contributed by atoms with Crippen LogP contribution >= 0.6 is 0 Å². The number of amides is 1. The van der Waals surface area contributed by atoms with Gasteiger partial charge in [-0.15, -0.1) is 0 Å². The van der Waals surface area contributed by atoms with Gasteiger partial charge in [-0.25, -0.2) is 0 Å². The minimum Gasteiger partial charge on any atom is -0.396 e. The van der Waals surface area contributed by atoms with Gasteiger partial charge in [0.05, 0.1) is 0 Å². The highest BCUT2D eigenvalue weighted by Crippen LogP contribution is 2.18. The third kappa shape index (κ3) is 7.33. The standard InChI is InChI=1S/C11H22N2O2/c14-9-2-1-4-11(15)13-8-3-7-12-10-5-6-10/h10,12,14H,1-9H2,(H,13,15). The Labute approximate surface area is 91.4 Å². The van der Waals surface area contributed by atoms with Gasteiger partial charge in [0.2, 0.25) is 5.91 Å². The van der Waals surface area contributed by atoms with Gasteiger partial charge in [0.15, 0.2) is 0 Å². The van der Waals surface area contributed by atoms with Crippen LogP contribution in [0.3, 0.4) is 0 Å². The molecule has 4 nitrogen and oxygen atoms in total. The lowest BCUT2D eigenvalue weighted by molar-refractivity contribution is -0.121. The number of rotatable bonds is 9. The maximum atomic E-state index is 11.2. The van der Waals surface area contributed by atoms with Gasteiger partial charge in [-0.3, -0.25) is 4.79 Å². The molecule has 0 aliphatic heterocycles. The van der Waals surface area contributed by atoms with Crippen molar-refractivity contribution in [1.29, 1.82) is 0 Å². The second-order valence-electron chi connectivity index (χ2n) is 4.11. The topological polar surface area (TPSA) is 61.4 Å². The van der Waals surface area contributed by atoms with Crippen molar-refractivity contribution in [2.24, 2.45) is 0 Å². The van der Waals surface area contributed by atoms with Crippen molar-refractivity contribution in [3.05, 3.63) is 0 Å². The highest BCUT2D eigenvalue weighted by atomic mass is 16.2. The van der Waals surface area contributed by atoms with Crippen molar-refractivity contribution in [2.75, 3.05) is 19.7 Å². The van der Waals surface area contributed by atoms with Crippen molar-refractivity contribution < 1.29 is 9.90 Å². The molecule has 0 saturated heterocycles. The van der Waals surface area contributed by atoms with Crippen LogP contribution in [0.4, 0.5) is 0 Å². The quantitative estimate of drug-likeness (QED) is 0.487. The Balaban J connectivity index is 1.78. The smallest absolute Gasteiger partial charge is 0.219 e. The lowest BCUT2D eigenvalue weighted by Crippen LogP contribution is -2.27. The number of hydrogen-bond donors (Lipinski definition) is 3. The average molecular weight is 214 g/mol. The lowest BCUT2D eigenvalue weighted by atomic mass is 10.2. The molecule has 1 amide bonds. The van der Waals surface area contributed by atoms with E-state index in [0.717, 1.165) is 38.4 Å². The van der Waals surface area contributed by atoms with Gasteiger partial charge in [-0.1, -0.05) is 0 Å². The number of carbonyl (C=O) groups is 1. The van der Waals surface area contributed by atoms with Crippen LogP contribution in [0.2, 0.25) is 0 Å². The number of aliphatic hydroxyl groups excluding tert-OH is 1. The minimum absolute atomic E-state index is 0.106. The molecule has 1 fully saturated rings. The zero-order valence-corrected chi connectivity index (χ0v) is 9.30. The van der Waals surface area contributed by atoms with E-state index >= 15 is 0 Å². The van der Waals surface area contributed by atoms with Gasteiger partial charge >= 0.3 is 0 Å². The molecule has 0 aromatic heterocycles. The lowest BCUT2D eigenvalue weighted by Gasteiger charge is -2.05. The molecule has 0 radical (unpaired) electrons. The van der Waals surface area contributed by atoms with Gasteiger partial charge in [0.1, 0.15) is 0 Å². The van der Waals surface area contributed by atoms with Crippen LogP contribution in [-0.2, 0) is 4.79 Å². The Morgan fingerprint density at radius 1 is 1.20 bits per heavy atom. The molecule has 0 bridgehead atoms. The molecule has 0 aromatic carbocycles. The first-order chi connectivity index (χ1) is 7.33. The Bertz CT molecular complexity index is 181. The van der Waals surface area contributed by atoms with Crippen LogP contribution in [0.5, 0.6) is 0 Å². The van der Waals surface area contributed by atoms with Crippen molar-refractivity contribution in [3.63, 3.8) is 0 Å². The van der Waals surface area contributed by atoms with Crippen LogP contribution in [0.15, 0.2) is 0 Å². The number of aliphatic hydroxyl groups is 1. The molecule has 1 aliphatic carbocycles. The fourth-order valence-corrected chi connectivity index (χ4v) is 1.40. The van der Waals surface area contributed by atoms with E-state index in [1.165, 1.54) is 12.8 Å². The molecule has 4 heteroatoms. The first kappa shape index (κ1) is 12.5. The SMILES string of the molecule is O=C(CCCCO)NCCCNC1CC1. The summed E-state index contributed by atoms with van der Waals surface area (Å²) in [7, 11) is 0. The second-order valence-corrected chi connectivity index (χ2v) is 4.11. The Morgan fingerprint density at radius 2 is 2.00 bits per heavy atom. The van der Waals surface area contributed by atoms with Crippen molar-refractivity contribution >= 4 is 5.91 Å². The molecule has 88 valence electrons. The van der Waals surface area contributed by atoms with Crippen molar-refractivity contribution in [2.45, 2.75) is 44.6 Å². The summed E-state index contributed by atoms with van der Waals surface area (Å²) in [5.74, 6) is 0.106. The summed E-state index contributed by atoms with van der Waals surface area (Å²) in [6.07, 6.45) is 5.67. The molecule has 0 atom stereocenters. The van der Waals surface area contributed by atoms with Crippen LogP contribution in [0.25, 0.3) is 0 Å². The molecule has 1 aliphatic rings. The zero-order chi connectivity index (χ0) is 10.9. The van der Waals surface area contributed by atoms with E-state index in [9.17, 15) is 4.79 Å². The van der Waals surface area contributed by atoms with Crippen LogP contribution in [-0.4, -0.2) is 36.8 Å². The van der Waals surface area contributed by atoms with E-state index < -0.39 is 0 Å². The molecule has 1 rings (SSSR count). The first-order valence-corrected chi connectivity index (χ1v) is 5.94. The van der Waals surface area contributed by atoms with Gasteiger partial charge in [-0.2, -0.15) is 0 Å². The van der Waals surface area contributed by atoms with E-state index in [2.05, 4.69) is 10.6 Å². The molecule has 1 saturated carbocycles. The summed E-state index contributed by atoms with van der Waals surface area (Å²) in [4.78, 5) is 11.2. The summed E-state index contributed by atoms with van der Waals surface area (Å²) in [5, 5.41) is 14.8. The molecule has 0 unspecified atom stereocenters. The van der Waals surface area contributed by atoms with Crippen LogP contribution < -0.4 is 10.6 Å². The summed E-state index contributed by atoms with van der Waals surface area (Å²) < 4.78 is 0. The van der Waals surface area contributed by atoms with E-state index in [0.29, 0.717) is 6.42 Å². The van der Waals surface area contributed by atoms with Crippen LogP contribution in [0, 0.1) is 0 Å². The van der Waals surface area contributed by atoms with Gasteiger partial charge < -0.3 is 15.7 Å². The molecule has 3 N–H and O–H groups in total. The number of nitrogens with one attached hydrogen (secondary N) is 2. The summed E-state index contributed by atoms with van der Waals surface area (Å²) in [5.41, 5.74) is 0. The zero-order valence-electron chi connectivity index (χ0n) is 9.30. The van der Waals surface area contributed by atoms with E-state index in [4.69, 9.17) is 5.11 Å². The van der Waals surface area contributed by atoms with E-state index in [-0.39, 0.29) is 12.5 Å². The average Bonchev–Trinajstić information content (AvgIpc) is 3.02. The normalized spacial score (nSPS) is 15.3. The number of hydrogen-bond acceptors (Lipinski definition) is 3. The molecule has 15 heavy (non-hydrogen) atoms. The number of unbranched alkanes of at least 4 members (excludes halogenated alkanes) is 1. The second kappa shape index (κ2) is 7.65. The Morgan fingerprint density at radius 3 is 2.67 bits per heavy atom. The fourth-order valence-electron chi connectivity index (χ4n) is 1.40. The van der Waals surface area contributed by atoms with E-state index in [1.54, 1.807) is 0 Å². The Hall–Kier alpha value is -0.610. The predicted molar refractivity (Wildman–Crippen MR) is 59.6 cm³/mol. The third-order valence-corrected chi connectivity index (χ3v) is 2.50. The van der Waals surface area contributed by atoms with E-state index in [1.807, 2.05) is 0 Å². The molecular weight excluding hydrogens is 192 g/mol. The molecular formula is C11H22N2O2. The summed E-state index contributed by atoms with van der Waals surface area (Å²) in [6.45, 7) is 1.94. The number of carbonyl (C=O) groups excluding carboxylic acids is 1.